The van der Waals surface area contributed by atoms with Gasteiger partial charge in [0, 0.05) is 10.6 Å². The van der Waals surface area contributed by atoms with Gasteiger partial charge in [-0.05, 0) is 24.3 Å². The molecule has 0 atom stereocenters. The Balaban J connectivity index is 2.09. The van der Waals surface area contributed by atoms with Crippen molar-refractivity contribution in [1.29, 1.82) is 0 Å². The number of para-hydroxylation sites is 1. The Bertz CT molecular complexity index is 604. The minimum atomic E-state index is -0.394. The van der Waals surface area contributed by atoms with Crippen LogP contribution in [0.3, 0.4) is 0 Å². The van der Waals surface area contributed by atoms with Gasteiger partial charge in [-0.3, -0.25) is 10.2 Å². The van der Waals surface area contributed by atoms with Crippen molar-refractivity contribution in [3.63, 3.8) is 0 Å². The number of benzene rings is 1. The molecule has 20 heavy (non-hydrogen) atoms. The van der Waals surface area contributed by atoms with Gasteiger partial charge < -0.3 is 4.74 Å². The number of thioether (sulfide) groups is 1. The zero-order valence-corrected chi connectivity index (χ0v) is 11.8. The second-order valence-electron chi connectivity index (χ2n) is 3.93. The average molecular weight is 289 g/mol. The molecule has 1 heterocycles. The second kappa shape index (κ2) is 6.93. The van der Waals surface area contributed by atoms with Gasteiger partial charge in [0.15, 0.2) is 0 Å². The fraction of sp³-hybridized carbons (Fsp3) is 0.143. The molecule has 0 saturated carbocycles. The van der Waals surface area contributed by atoms with Crippen molar-refractivity contribution in [1.82, 2.24) is 10.4 Å². The fourth-order valence-corrected chi connectivity index (χ4v) is 2.58. The molecule has 0 spiro atoms. The van der Waals surface area contributed by atoms with E-state index in [1.165, 1.54) is 0 Å². The maximum atomic E-state index is 11.4. The highest BCUT2D eigenvalue weighted by Crippen LogP contribution is 2.30. The van der Waals surface area contributed by atoms with Crippen LogP contribution in [0.5, 0.6) is 5.75 Å². The number of ether oxygens (including phenoxy) is 1. The molecular formula is C14H15N3O2S. The molecule has 1 amide bonds. The number of hydrogen-bond acceptors (Lipinski definition) is 5. The van der Waals surface area contributed by atoms with E-state index in [0.29, 0.717) is 11.4 Å². The summed E-state index contributed by atoms with van der Waals surface area (Å²) in [6.07, 6.45) is 0. The molecule has 1 aromatic heterocycles. The maximum Gasteiger partial charge on any atom is 0.283 e. The number of hydrogen-bond donors (Lipinski definition) is 2. The molecule has 0 fully saturated rings. The van der Waals surface area contributed by atoms with Gasteiger partial charge >= 0.3 is 0 Å². The number of hydrazine groups is 1. The number of nitrogen functional groups attached to an aromatic ring is 1. The first-order chi connectivity index (χ1) is 9.74. The van der Waals surface area contributed by atoms with Crippen LogP contribution < -0.4 is 16.0 Å². The third-order valence-electron chi connectivity index (χ3n) is 2.62. The number of nitrogens with one attached hydrogen (secondary N) is 1. The Morgan fingerprint density at radius 1 is 1.30 bits per heavy atom. The van der Waals surface area contributed by atoms with Gasteiger partial charge in [-0.15, -0.1) is 11.8 Å². The minimum Gasteiger partial charge on any atom is -0.496 e. The smallest absolute Gasteiger partial charge is 0.283 e. The topological polar surface area (TPSA) is 77.2 Å². The normalized spacial score (nSPS) is 10.1. The molecule has 0 aliphatic heterocycles. The summed E-state index contributed by atoms with van der Waals surface area (Å²) < 4.78 is 5.29. The Kier molecular flexibility index (Phi) is 4.97. The van der Waals surface area contributed by atoms with Crippen molar-refractivity contribution < 1.29 is 9.53 Å². The van der Waals surface area contributed by atoms with E-state index in [9.17, 15) is 4.79 Å². The van der Waals surface area contributed by atoms with E-state index in [0.717, 1.165) is 16.3 Å². The highest BCUT2D eigenvalue weighted by molar-refractivity contribution is 7.98. The van der Waals surface area contributed by atoms with Crippen LogP contribution in [0.1, 0.15) is 16.2 Å². The van der Waals surface area contributed by atoms with Crippen molar-refractivity contribution in [2.75, 3.05) is 7.11 Å². The number of carbonyl (C=O) groups excluding carboxylic acids is 1. The lowest BCUT2D eigenvalue weighted by Crippen LogP contribution is -2.30. The third kappa shape index (κ3) is 3.49. The number of aromatic nitrogens is 1. The van der Waals surface area contributed by atoms with E-state index >= 15 is 0 Å². The van der Waals surface area contributed by atoms with E-state index in [1.54, 1.807) is 31.0 Å². The summed E-state index contributed by atoms with van der Waals surface area (Å²) in [5.74, 6) is 6.17. The van der Waals surface area contributed by atoms with Crippen LogP contribution in [0.2, 0.25) is 0 Å². The summed E-state index contributed by atoms with van der Waals surface area (Å²) in [7, 11) is 1.64. The summed E-state index contributed by atoms with van der Waals surface area (Å²) in [5.41, 5.74) is 3.19. The van der Waals surface area contributed by atoms with E-state index in [1.807, 2.05) is 30.3 Å². The molecule has 3 N–H and O–H groups in total. The Morgan fingerprint density at radius 2 is 2.10 bits per heavy atom. The molecule has 5 nitrogen and oxygen atoms in total. The summed E-state index contributed by atoms with van der Waals surface area (Å²) in [5, 5.41) is 0. The highest BCUT2D eigenvalue weighted by Gasteiger charge is 2.07. The largest absolute Gasteiger partial charge is 0.496 e. The van der Waals surface area contributed by atoms with Gasteiger partial charge in [0.25, 0.3) is 5.91 Å². The number of nitrogens with zero attached hydrogens (tertiary/aromatic N) is 1. The molecule has 0 bridgehead atoms. The summed E-state index contributed by atoms with van der Waals surface area (Å²) in [6, 6.07) is 13.1. The van der Waals surface area contributed by atoms with Gasteiger partial charge in [-0.2, -0.15) is 0 Å². The number of rotatable bonds is 5. The molecule has 0 saturated heterocycles. The van der Waals surface area contributed by atoms with Crippen LogP contribution in [0.25, 0.3) is 0 Å². The van der Waals surface area contributed by atoms with Gasteiger partial charge in [0.05, 0.1) is 12.8 Å². The zero-order chi connectivity index (χ0) is 14.4. The van der Waals surface area contributed by atoms with Gasteiger partial charge in [0.2, 0.25) is 0 Å². The second-order valence-corrected chi connectivity index (χ2v) is 4.94. The fourth-order valence-electron chi connectivity index (χ4n) is 1.65. The molecule has 104 valence electrons. The molecule has 0 radical (unpaired) electrons. The predicted octanol–water partition coefficient (Wildman–Crippen LogP) is 1.99. The van der Waals surface area contributed by atoms with Crippen LogP contribution in [0.15, 0.2) is 47.4 Å². The first-order valence-corrected chi connectivity index (χ1v) is 6.96. The lowest BCUT2D eigenvalue weighted by molar-refractivity contribution is 0.0948. The number of methoxy groups -OCH3 is 1. The van der Waals surface area contributed by atoms with E-state index in [-0.39, 0.29) is 0 Å². The molecule has 0 unspecified atom stereocenters. The van der Waals surface area contributed by atoms with Crippen LogP contribution >= 0.6 is 11.8 Å². The first kappa shape index (κ1) is 14.4. The number of amides is 1. The molecule has 2 aromatic rings. The summed E-state index contributed by atoms with van der Waals surface area (Å²) in [4.78, 5) is 16.7. The van der Waals surface area contributed by atoms with E-state index in [2.05, 4.69) is 10.4 Å². The number of nitrogens with two attached hydrogens (primary N) is 1. The molecular weight excluding hydrogens is 274 g/mol. The number of pyridine rings is 1. The maximum absolute atomic E-state index is 11.4. The average Bonchev–Trinajstić information content (AvgIpc) is 2.52. The minimum absolute atomic E-state index is 0.311. The monoisotopic (exact) mass is 289 g/mol. The summed E-state index contributed by atoms with van der Waals surface area (Å²) in [6.45, 7) is 0. The van der Waals surface area contributed by atoms with Gasteiger partial charge in [-0.1, -0.05) is 18.2 Å². The Morgan fingerprint density at radius 3 is 2.85 bits per heavy atom. The molecule has 1 aromatic carbocycles. The van der Waals surface area contributed by atoms with E-state index in [4.69, 9.17) is 10.6 Å². The molecule has 0 aliphatic carbocycles. The molecule has 6 heteroatoms. The molecule has 0 aliphatic rings. The Labute approximate surface area is 121 Å². The van der Waals surface area contributed by atoms with Crippen molar-refractivity contribution in [2.24, 2.45) is 5.84 Å². The van der Waals surface area contributed by atoms with Crippen molar-refractivity contribution >= 4 is 17.7 Å². The van der Waals surface area contributed by atoms with Crippen LogP contribution in [0, 0.1) is 0 Å². The molecule has 2 rings (SSSR count). The highest BCUT2D eigenvalue weighted by atomic mass is 32.2. The van der Waals surface area contributed by atoms with Gasteiger partial charge in [0.1, 0.15) is 11.4 Å². The van der Waals surface area contributed by atoms with Crippen LogP contribution in [-0.2, 0) is 5.75 Å². The zero-order valence-electron chi connectivity index (χ0n) is 11.0. The van der Waals surface area contributed by atoms with Crippen molar-refractivity contribution in [2.45, 2.75) is 10.6 Å². The van der Waals surface area contributed by atoms with E-state index < -0.39 is 5.91 Å². The van der Waals surface area contributed by atoms with Crippen LogP contribution in [-0.4, -0.2) is 18.0 Å². The standard InChI is InChI=1S/C14H15N3O2S/c1-19-12-7-2-3-8-13(12)20-9-10-5-4-6-11(16-10)14(18)17-15/h2-8H,9,15H2,1H3,(H,17,18). The van der Waals surface area contributed by atoms with Crippen LogP contribution in [0.4, 0.5) is 0 Å². The third-order valence-corrected chi connectivity index (χ3v) is 3.70. The van der Waals surface area contributed by atoms with Gasteiger partial charge in [-0.25, -0.2) is 10.8 Å². The lowest BCUT2D eigenvalue weighted by atomic mass is 10.3. The predicted molar refractivity (Wildman–Crippen MR) is 78.4 cm³/mol. The Hall–Kier alpha value is -2.05. The number of carbonyl (C=O) groups is 1. The quantitative estimate of drug-likeness (QED) is 0.381. The first-order valence-electron chi connectivity index (χ1n) is 5.97. The van der Waals surface area contributed by atoms with Crippen molar-refractivity contribution in [3.8, 4) is 5.75 Å². The lowest BCUT2D eigenvalue weighted by Gasteiger charge is -2.07. The SMILES string of the molecule is COc1ccccc1SCc1cccc(C(=O)NN)n1. The van der Waals surface area contributed by atoms with Crippen molar-refractivity contribution in [3.05, 3.63) is 53.9 Å². The summed E-state index contributed by atoms with van der Waals surface area (Å²) >= 11 is 1.60.